The van der Waals surface area contributed by atoms with Crippen LogP contribution in [0.1, 0.15) is 65.2 Å². The monoisotopic (exact) mass is 643 g/mol. The van der Waals surface area contributed by atoms with Crippen LogP contribution in [0.3, 0.4) is 0 Å². The highest BCUT2D eigenvalue weighted by Crippen LogP contribution is 2.33. The van der Waals surface area contributed by atoms with E-state index in [0.717, 1.165) is 28.0 Å². The third-order valence-corrected chi connectivity index (χ3v) is 8.01. The smallest absolute Gasteiger partial charge is 0.416 e. The summed E-state index contributed by atoms with van der Waals surface area (Å²) in [5.74, 6) is 0.345. The fourth-order valence-electron chi connectivity index (χ4n) is 5.62. The van der Waals surface area contributed by atoms with E-state index in [-0.39, 0.29) is 6.04 Å². The third-order valence-electron chi connectivity index (χ3n) is 8.01. The van der Waals surface area contributed by atoms with Gasteiger partial charge >= 0.3 is 6.18 Å². The summed E-state index contributed by atoms with van der Waals surface area (Å²) < 4.78 is 45.0. The van der Waals surface area contributed by atoms with Crippen LogP contribution >= 0.6 is 0 Å². The largest absolute Gasteiger partial charge is 0.507 e. The number of rotatable bonds is 4. The van der Waals surface area contributed by atoms with Crippen LogP contribution in [0.5, 0.6) is 5.75 Å². The lowest BCUT2D eigenvalue weighted by molar-refractivity contribution is -0.691. The van der Waals surface area contributed by atoms with E-state index in [4.69, 9.17) is 0 Å². The van der Waals surface area contributed by atoms with Gasteiger partial charge in [0.1, 0.15) is 5.75 Å². The molecule has 0 aliphatic carbocycles. The minimum absolute atomic E-state index is 0.0946. The van der Waals surface area contributed by atoms with Crippen LogP contribution in [0.4, 0.5) is 18.9 Å². The van der Waals surface area contributed by atoms with Crippen LogP contribution in [0, 0.1) is 0 Å². The number of para-hydroxylation sites is 2. The molecule has 0 unspecified atom stereocenters. The molecule has 0 aliphatic heterocycles. The van der Waals surface area contributed by atoms with E-state index < -0.39 is 11.7 Å². The van der Waals surface area contributed by atoms with Gasteiger partial charge in [-0.05, 0) is 71.9 Å². The molecule has 0 fully saturated rings. The van der Waals surface area contributed by atoms with Gasteiger partial charge in [-0.25, -0.2) is 0 Å². The maximum absolute atomic E-state index is 12.9. The van der Waals surface area contributed by atoms with Gasteiger partial charge in [0.05, 0.1) is 22.0 Å². The Balaban J connectivity index is 0.000000164. The molecule has 246 valence electrons. The van der Waals surface area contributed by atoms with E-state index in [0.29, 0.717) is 23.3 Å². The first kappa shape index (κ1) is 35.1. The number of aromatic nitrogens is 3. The summed E-state index contributed by atoms with van der Waals surface area (Å²) in [5.41, 5.74) is 3.27. The molecule has 0 spiro atoms. The summed E-state index contributed by atoms with van der Waals surface area (Å²) in [6.07, 6.45) is 1.56. The fourth-order valence-corrected chi connectivity index (χ4v) is 5.62. The number of alkyl halides is 3. The summed E-state index contributed by atoms with van der Waals surface area (Å²) in [6.45, 7) is 12.6. The van der Waals surface area contributed by atoms with E-state index in [1.807, 2.05) is 80.1 Å². The van der Waals surface area contributed by atoms with Crippen molar-refractivity contribution in [2.45, 2.75) is 65.8 Å². The molecule has 0 saturated heterocycles. The second kappa shape index (κ2) is 14.8. The molecule has 3 aromatic heterocycles. The maximum atomic E-state index is 12.9. The molecule has 47 heavy (non-hydrogen) atoms. The number of fused-ring (bicyclic) bond motifs is 3. The van der Waals surface area contributed by atoms with E-state index in [1.54, 1.807) is 12.1 Å². The van der Waals surface area contributed by atoms with Gasteiger partial charge in [-0.2, -0.15) is 26.9 Å². The number of anilines is 1. The first-order valence-corrected chi connectivity index (χ1v) is 15.9. The average Bonchev–Trinajstić information content (AvgIpc) is 3.03. The molecular formula is C39H46F3N4O+3. The van der Waals surface area contributed by atoms with Gasteiger partial charge in [-0.3, -0.25) is 0 Å². The summed E-state index contributed by atoms with van der Waals surface area (Å²) in [4.78, 5) is 1.90. The van der Waals surface area contributed by atoms with Crippen LogP contribution < -0.4 is 18.6 Å². The van der Waals surface area contributed by atoms with Gasteiger partial charge in [-0.1, -0.05) is 24.3 Å². The van der Waals surface area contributed by atoms with Crippen molar-refractivity contribution < 1.29 is 32.0 Å². The number of hydrogen-bond acceptors (Lipinski definition) is 2. The van der Waals surface area contributed by atoms with Crippen LogP contribution in [0.2, 0.25) is 0 Å². The van der Waals surface area contributed by atoms with Gasteiger partial charge in [0.15, 0.2) is 36.7 Å². The first-order valence-electron chi connectivity index (χ1n) is 15.9. The molecule has 0 saturated carbocycles. The number of pyridine rings is 3. The number of aromatic hydroxyl groups is 1. The van der Waals surface area contributed by atoms with E-state index in [9.17, 15) is 18.3 Å². The molecule has 3 aromatic carbocycles. The highest BCUT2D eigenvalue weighted by molar-refractivity contribution is 5.90. The van der Waals surface area contributed by atoms with Crippen molar-refractivity contribution in [3.8, 4) is 5.75 Å². The summed E-state index contributed by atoms with van der Waals surface area (Å²) >= 11 is 0. The van der Waals surface area contributed by atoms with Gasteiger partial charge < -0.3 is 10.0 Å². The zero-order valence-corrected chi connectivity index (χ0v) is 28.5. The molecule has 5 nitrogen and oxygen atoms in total. The standard InChI is InChI=1S/C15H18F3N2.C12H13NO.C12H14N/c1-10(2)20-8-7-13(19(3)4)12-6-5-11(9-14(12)20)15(16,17)18;1-9(2)13-8-7-12(14)10-5-3-4-6-11(10)13;1-10(2)13-9-5-7-11-6-3-4-8-12(11)13/h5-10H,1-4H3;3-9H,1-2H3;3-10H,1-2H3/q+1;;+1/p+1. The molecule has 6 rings (SSSR count). The van der Waals surface area contributed by atoms with Crippen molar-refractivity contribution in [1.82, 2.24) is 0 Å². The molecule has 6 aromatic rings. The summed E-state index contributed by atoms with van der Waals surface area (Å²) in [5, 5.41) is 12.7. The Morgan fingerprint density at radius 2 is 1.11 bits per heavy atom. The number of nitrogens with zero attached hydrogens (tertiary/aromatic N) is 4. The first-order chi connectivity index (χ1) is 22.2. The predicted octanol–water partition coefficient (Wildman–Crippen LogP) is 8.92. The molecule has 0 amide bonds. The van der Waals surface area contributed by atoms with Gasteiger partial charge in [0.2, 0.25) is 16.6 Å². The molecule has 3 heterocycles. The SMILES string of the molecule is CC(C)[n+]1ccc(N(C)C)c2ccc(C(F)(F)F)cc21.CC(C)[n+]1ccc(O)c2ccccc21.CC(C)[n+]1cccc2ccccc21. The second-order valence-electron chi connectivity index (χ2n) is 12.6. The lowest BCUT2D eigenvalue weighted by Gasteiger charge is -2.16. The molecule has 0 aliphatic rings. The number of hydrogen-bond donors (Lipinski definition) is 1. The Kier molecular flexibility index (Phi) is 11.1. The third kappa shape index (κ3) is 8.17. The average molecular weight is 644 g/mol. The minimum atomic E-state index is -4.32. The molecule has 0 bridgehead atoms. The Morgan fingerprint density at radius 3 is 1.72 bits per heavy atom. The highest BCUT2D eigenvalue weighted by atomic mass is 19.4. The lowest BCUT2D eigenvalue weighted by Crippen LogP contribution is -2.37. The van der Waals surface area contributed by atoms with Crippen molar-refractivity contribution in [2.24, 2.45) is 0 Å². The zero-order chi connectivity index (χ0) is 34.5. The quantitative estimate of drug-likeness (QED) is 0.195. The number of halogens is 3. The Hall–Kier alpha value is -4.72. The van der Waals surface area contributed by atoms with Gasteiger partial charge in [0, 0.05) is 55.9 Å². The Morgan fingerprint density at radius 1 is 0.574 bits per heavy atom. The Labute approximate surface area is 275 Å². The van der Waals surface area contributed by atoms with Crippen molar-refractivity contribution in [2.75, 3.05) is 19.0 Å². The highest BCUT2D eigenvalue weighted by Gasteiger charge is 2.32. The molecule has 0 atom stereocenters. The molecular weight excluding hydrogens is 597 g/mol. The normalized spacial score (nSPS) is 11.5. The molecule has 8 heteroatoms. The fraction of sp³-hybridized carbons (Fsp3) is 0.308. The topological polar surface area (TPSA) is 35.1 Å². The molecule has 1 N–H and O–H groups in total. The van der Waals surface area contributed by atoms with Crippen LogP contribution in [-0.2, 0) is 6.18 Å². The van der Waals surface area contributed by atoms with Crippen molar-refractivity contribution in [3.63, 3.8) is 0 Å². The maximum Gasteiger partial charge on any atom is 0.416 e. The zero-order valence-electron chi connectivity index (χ0n) is 28.5. The van der Waals surface area contributed by atoms with E-state index >= 15 is 0 Å². The van der Waals surface area contributed by atoms with Gasteiger partial charge in [-0.15, -0.1) is 0 Å². The van der Waals surface area contributed by atoms with Crippen LogP contribution in [0.15, 0.2) is 110 Å². The Bertz CT molecular complexity index is 1960. The van der Waals surface area contributed by atoms with E-state index in [2.05, 4.69) is 79.4 Å². The van der Waals surface area contributed by atoms with Crippen molar-refractivity contribution >= 4 is 38.4 Å². The summed E-state index contributed by atoms with van der Waals surface area (Å²) in [6, 6.07) is 29.2. The minimum Gasteiger partial charge on any atom is -0.507 e. The second-order valence-corrected chi connectivity index (χ2v) is 12.6. The summed E-state index contributed by atoms with van der Waals surface area (Å²) in [7, 11) is 3.76. The number of benzene rings is 3. The van der Waals surface area contributed by atoms with Crippen molar-refractivity contribution in [3.05, 3.63) is 115 Å². The van der Waals surface area contributed by atoms with E-state index in [1.165, 1.54) is 17.0 Å². The van der Waals surface area contributed by atoms with Crippen LogP contribution in [0.25, 0.3) is 32.7 Å². The molecule has 0 radical (unpaired) electrons. The van der Waals surface area contributed by atoms with Gasteiger partial charge in [0.25, 0.3) is 0 Å². The van der Waals surface area contributed by atoms with Crippen molar-refractivity contribution in [1.29, 1.82) is 0 Å². The lowest BCUT2D eigenvalue weighted by atomic mass is 10.1. The predicted molar refractivity (Wildman–Crippen MR) is 185 cm³/mol. The van der Waals surface area contributed by atoms with Crippen LogP contribution in [-0.4, -0.2) is 19.2 Å².